The van der Waals surface area contributed by atoms with E-state index in [1.807, 2.05) is 12.1 Å². The summed E-state index contributed by atoms with van der Waals surface area (Å²) in [4.78, 5) is 42.7. The van der Waals surface area contributed by atoms with E-state index in [9.17, 15) is 14.4 Å². The first-order valence-corrected chi connectivity index (χ1v) is 11.7. The zero-order chi connectivity index (χ0) is 24.4. The fraction of sp³-hybridized carbons (Fsp3) is 0.200. The molecule has 0 aliphatic carbocycles. The van der Waals surface area contributed by atoms with Gasteiger partial charge in [-0.1, -0.05) is 47.2 Å². The minimum absolute atomic E-state index is 0.189. The second-order valence-corrected chi connectivity index (χ2v) is 8.96. The lowest BCUT2D eigenvalue weighted by Crippen LogP contribution is -2.39. The van der Waals surface area contributed by atoms with E-state index in [1.54, 1.807) is 56.3 Å². The van der Waals surface area contributed by atoms with Crippen molar-refractivity contribution in [2.24, 2.45) is 4.99 Å². The summed E-state index contributed by atoms with van der Waals surface area (Å²) in [5, 5.41) is 0.602. The lowest BCUT2D eigenvalue weighted by molar-refractivity contribution is -0.139. The zero-order valence-electron chi connectivity index (χ0n) is 18.7. The molecule has 0 radical (unpaired) electrons. The molecule has 0 amide bonds. The number of rotatable bonds is 5. The van der Waals surface area contributed by atoms with Gasteiger partial charge < -0.3 is 9.47 Å². The Morgan fingerprint density at radius 1 is 1.15 bits per heavy atom. The first kappa shape index (κ1) is 23.7. The van der Waals surface area contributed by atoms with E-state index >= 15 is 0 Å². The maximum Gasteiger partial charge on any atom is 0.338 e. The fourth-order valence-electron chi connectivity index (χ4n) is 3.70. The van der Waals surface area contributed by atoms with Gasteiger partial charge in [0.2, 0.25) is 0 Å². The minimum atomic E-state index is -0.742. The summed E-state index contributed by atoms with van der Waals surface area (Å²) < 4.78 is 12.4. The molecule has 0 bridgehead atoms. The summed E-state index contributed by atoms with van der Waals surface area (Å²) in [6.45, 7) is 4.95. The highest BCUT2D eigenvalue weighted by molar-refractivity contribution is 7.07. The van der Waals surface area contributed by atoms with Crippen molar-refractivity contribution in [3.05, 3.63) is 95.6 Å². The van der Waals surface area contributed by atoms with Crippen molar-refractivity contribution in [1.82, 2.24) is 4.57 Å². The molecule has 0 saturated heterocycles. The molecule has 4 rings (SSSR count). The molecule has 1 aliphatic rings. The number of ether oxygens (including phenoxy) is 2. The Morgan fingerprint density at radius 2 is 1.82 bits per heavy atom. The molecule has 7 nitrogen and oxygen atoms in total. The van der Waals surface area contributed by atoms with Crippen molar-refractivity contribution in [3.63, 3.8) is 0 Å². The summed E-state index contributed by atoms with van der Waals surface area (Å²) in [5.41, 5.74) is 1.96. The van der Waals surface area contributed by atoms with Crippen molar-refractivity contribution >= 4 is 41.0 Å². The molecule has 0 N–H and O–H groups in total. The Balaban J connectivity index is 1.89. The number of benzene rings is 2. The normalized spacial score (nSPS) is 15.5. The predicted molar refractivity (Wildman–Crippen MR) is 130 cm³/mol. The SMILES string of the molecule is CCOC(=O)C1=C(C)N=c2s/c(=C\c3ccc(Cl)cc3)c(=O)n2[C@H]1c1ccc(OC(C)=O)cc1. The van der Waals surface area contributed by atoms with E-state index in [1.165, 1.54) is 22.8 Å². The molecule has 1 aliphatic heterocycles. The topological polar surface area (TPSA) is 87.0 Å². The monoisotopic (exact) mass is 496 g/mol. The van der Waals surface area contributed by atoms with Crippen LogP contribution in [0.15, 0.2) is 69.6 Å². The van der Waals surface area contributed by atoms with Gasteiger partial charge in [0.1, 0.15) is 5.75 Å². The van der Waals surface area contributed by atoms with Gasteiger partial charge in [-0.3, -0.25) is 14.2 Å². The summed E-state index contributed by atoms with van der Waals surface area (Å²) in [5.74, 6) is -0.611. The van der Waals surface area contributed by atoms with Gasteiger partial charge in [-0.15, -0.1) is 0 Å². The number of esters is 2. The van der Waals surface area contributed by atoms with E-state index in [-0.39, 0.29) is 17.7 Å². The Hall–Kier alpha value is -3.49. The van der Waals surface area contributed by atoms with Crippen molar-refractivity contribution in [3.8, 4) is 5.75 Å². The Bertz CT molecular complexity index is 1470. The zero-order valence-corrected chi connectivity index (χ0v) is 20.3. The van der Waals surface area contributed by atoms with Crippen molar-refractivity contribution in [2.75, 3.05) is 6.61 Å². The molecule has 1 aromatic heterocycles. The van der Waals surface area contributed by atoms with E-state index in [2.05, 4.69) is 4.99 Å². The number of fused-ring (bicyclic) bond motifs is 1. The van der Waals surface area contributed by atoms with E-state index in [0.29, 0.717) is 31.4 Å². The quantitative estimate of drug-likeness (QED) is 0.399. The number of halogens is 1. The molecular formula is C25H21ClN2O5S. The first-order valence-electron chi connectivity index (χ1n) is 10.5. The van der Waals surface area contributed by atoms with Gasteiger partial charge in [0.25, 0.3) is 5.56 Å². The van der Waals surface area contributed by atoms with Crippen molar-refractivity contribution in [1.29, 1.82) is 0 Å². The minimum Gasteiger partial charge on any atom is -0.463 e. The molecule has 2 aromatic carbocycles. The van der Waals surface area contributed by atoms with Gasteiger partial charge in [-0.25, -0.2) is 9.79 Å². The second-order valence-electron chi connectivity index (χ2n) is 7.52. The maximum absolute atomic E-state index is 13.5. The third kappa shape index (κ3) is 4.73. The Labute approximate surface area is 204 Å². The number of thiazole rings is 1. The standard InChI is InChI=1S/C25H21ClN2O5S/c1-4-32-24(31)21-14(2)27-25-28(22(21)17-7-11-19(12-8-17)33-15(3)29)23(30)20(34-25)13-16-5-9-18(26)10-6-16/h5-13,22H,4H2,1-3H3/b20-13-/t22-/m0/s1. The number of carbonyl (C=O) groups excluding carboxylic acids is 2. The van der Waals surface area contributed by atoms with E-state index in [0.717, 1.165) is 5.56 Å². The summed E-state index contributed by atoms with van der Waals surface area (Å²) in [7, 11) is 0. The highest BCUT2D eigenvalue weighted by Crippen LogP contribution is 2.31. The molecule has 2 heterocycles. The predicted octanol–water partition coefficient (Wildman–Crippen LogP) is 3.38. The number of allylic oxidation sites excluding steroid dienone is 1. The van der Waals surface area contributed by atoms with Crippen LogP contribution in [0.2, 0.25) is 5.02 Å². The van der Waals surface area contributed by atoms with Gasteiger partial charge >= 0.3 is 11.9 Å². The number of aromatic nitrogens is 1. The van der Waals surface area contributed by atoms with Crippen LogP contribution in [0.25, 0.3) is 6.08 Å². The highest BCUT2D eigenvalue weighted by atomic mass is 35.5. The largest absolute Gasteiger partial charge is 0.463 e. The van der Waals surface area contributed by atoms with Crippen LogP contribution in [-0.4, -0.2) is 23.1 Å². The van der Waals surface area contributed by atoms with Gasteiger partial charge in [0.05, 0.1) is 28.5 Å². The molecule has 0 fully saturated rings. The van der Waals surface area contributed by atoms with Crippen LogP contribution in [0, 0.1) is 0 Å². The van der Waals surface area contributed by atoms with Crippen molar-refractivity contribution < 1.29 is 19.1 Å². The van der Waals surface area contributed by atoms with Crippen LogP contribution in [0.4, 0.5) is 0 Å². The van der Waals surface area contributed by atoms with Crippen molar-refractivity contribution in [2.45, 2.75) is 26.8 Å². The summed E-state index contributed by atoms with van der Waals surface area (Å²) in [6, 6.07) is 13.1. The summed E-state index contributed by atoms with van der Waals surface area (Å²) >= 11 is 7.21. The highest BCUT2D eigenvalue weighted by Gasteiger charge is 2.33. The molecule has 3 aromatic rings. The second kappa shape index (κ2) is 9.79. The third-order valence-electron chi connectivity index (χ3n) is 5.14. The maximum atomic E-state index is 13.5. The van der Waals surface area contributed by atoms with E-state index < -0.39 is 18.0 Å². The average molecular weight is 497 g/mol. The molecular weight excluding hydrogens is 476 g/mol. The van der Waals surface area contributed by atoms with Gasteiger partial charge in [-0.05, 0) is 55.3 Å². The Morgan fingerprint density at radius 3 is 2.44 bits per heavy atom. The number of nitrogens with zero attached hydrogens (tertiary/aromatic N) is 2. The number of hydrogen-bond donors (Lipinski definition) is 0. The van der Waals surface area contributed by atoms with E-state index in [4.69, 9.17) is 21.1 Å². The van der Waals surface area contributed by atoms with Crippen LogP contribution >= 0.6 is 22.9 Å². The van der Waals surface area contributed by atoms with Crippen LogP contribution < -0.4 is 19.6 Å². The smallest absolute Gasteiger partial charge is 0.338 e. The third-order valence-corrected chi connectivity index (χ3v) is 6.38. The molecule has 34 heavy (non-hydrogen) atoms. The Kier molecular flexibility index (Phi) is 6.81. The van der Waals surface area contributed by atoms with Gasteiger partial charge in [0, 0.05) is 11.9 Å². The average Bonchev–Trinajstić information content (AvgIpc) is 3.09. The number of hydrogen-bond acceptors (Lipinski definition) is 7. The molecule has 9 heteroatoms. The molecule has 0 saturated carbocycles. The molecule has 0 spiro atoms. The molecule has 1 atom stereocenters. The molecule has 0 unspecified atom stereocenters. The van der Waals surface area contributed by atoms with Gasteiger partial charge in [0.15, 0.2) is 4.80 Å². The number of carbonyl (C=O) groups is 2. The van der Waals surface area contributed by atoms with Crippen LogP contribution in [0.1, 0.15) is 37.9 Å². The fourth-order valence-corrected chi connectivity index (χ4v) is 4.87. The van der Waals surface area contributed by atoms with Crippen LogP contribution in [0.3, 0.4) is 0 Å². The first-order chi connectivity index (χ1) is 16.3. The van der Waals surface area contributed by atoms with Gasteiger partial charge in [-0.2, -0.15) is 0 Å². The summed E-state index contributed by atoms with van der Waals surface area (Å²) in [6.07, 6.45) is 1.77. The lowest BCUT2D eigenvalue weighted by Gasteiger charge is -2.24. The van der Waals surface area contributed by atoms with Crippen LogP contribution in [0.5, 0.6) is 5.75 Å². The molecule has 174 valence electrons. The lowest BCUT2D eigenvalue weighted by atomic mass is 9.96. The van der Waals surface area contributed by atoms with Crippen LogP contribution in [-0.2, 0) is 14.3 Å².